The van der Waals surface area contributed by atoms with E-state index in [9.17, 15) is 18.0 Å². The summed E-state index contributed by atoms with van der Waals surface area (Å²) in [7, 11) is 0. The quantitative estimate of drug-likeness (QED) is 0.726. The van der Waals surface area contributed by atoms with Gasteiger partial charge in [0.1, 0.15) is 11.5 Å². The average molecular weight is 373 g/mol. The molecule has 0 spiro atoms. The first-order chi connectivity index (χ1) is 11.8. The first kappa shape index (κ1) is 19.0. The number of aromatic nitrogens is 2. The second-order valence-corrected chi connectivity index (χ2v) is 5.62. The summed E-state index contributed by atoms with van der Waals surface area (Å²) in [5.74, 6) is -0.140. The van der Waals surface area contributed by atoms with Gasteiger partial charge in [-0.2, -0.15) is 13.2 Å². The van der Waals surface area contributed by atoms with Gasteiger partial charge in [-0.1, -0.05) is 24.9 Å². The second-order valence-electron chi connectivity index (χ2n) is 5.21. The van der Waals surface area contributed by atoms with Crippen molar-refractivity contribution in [3.63, 3.8) is 0 Å². The maximum atomic E-state index is 12.8. The van der Waals surface area contributed by atoms with Crippen molar-refractivity contribution in [2.75, 3.05) is 17.2 Å². The molecule has 2 aromatic rings. The van der Waals surface area contributed by atoms with E-state index in [0.29, 0.717) is 5.82 Å². The molecule has 0 saturated carbocycles. The second kappa shape index (κ2) is 8.15. The van der Waals surface area contributed by atoms with Crippen LogP contribution in [0.25, 0.3) is 0 Å². The summed E-state index contributed by atoms with van der Waals surface area (Å²) < 4.78 is 38.5. The van der Waals surface area contributed by atoms with Gasteiger partial charge in [0, 0.05) is 12.2 Å². The van der Waals surface area contributed by atoms with E-state index in [1.54, 1.807) is 0 Å². The van der Waals surface area contributed by atoms with Crippen LogP contribution < -0.4 is 10.6 Å². The zero-order chi connectivity index (χ0) is 18.4. The lowest BCUT2D eigenvalue weighted by molar-refractivity contribution is -0.137. The Morgan fingerprint density at radius 1 is 1.24 bits per heavy atom. The SMILES string of the molecule is CCCCNc1cnc(C(=O)Nc2ccc(Cl)c(C(F)(F)F)c2)cn1. The zero-order valence-electron chi connectivity index (χ0n) is 13.3. The van der Waals surface area contributed by atoms with Crippen molar-refractivity contribution < 1.29 is 18.0 Å². The molecule has 0 aliphatic carbocycles. The highest BCUT2D eigenvalue weighted by atomic mass is 35.5. The van der Waals surface area contributed by atoms with Crippen LogP contribution in [0.1, 0.15) is 35.8 Å². The molecule has 1 aromatic heterocycles. The molecule has 0 aliphatic rings. The Morgan fingerprint density at radius 2 is 2.00 bits per heavy atom. The van der Waals surface area contributed by atoms with E-state index >= 15 is 0 Å². The molecule has 0 bridgehead atoms. The molecule has 2 N–H and O–H groups in total. The van der Waals surface area contributed by atoms with Gasteiger partial charge >= 0.3 is 6.18 Å². The lowest BCUT2D eigenvalue weighted by Crippen LogP contribution is -2.15. The number of nitrogens with zero attached hydrogens (tertiary/aromatic N) is 2. The third-order valence-corrected chi connectivity index (χ3v) is 3.58. The van der Waals surface area contributed by atoms with E-state index in [-0.39, 0.29) is 11.4 Å². The van der Waals surface area contributed by atoms with E-state index in [1.807, 2.05) is 0 Å². The maximum absolute atomic E-state index is 12.8. The van der Waals surface area contributed by atoms with Crippen LogP contribution in [0, 0.1) is 0 Å². The lowest BCUT2D eigenvalue weighted by Gasteiger charge is -2.11. The molecule has 1 aromatic carbocycles. The van der Waals surface area contributed by atoms with Crippen LogP contribution in [0.5, 0.6) is 0 Å². The number of carbonyl (C=O) groups excluding carboxylic acids is 1. The maximum Gasteiger partial charge on any atom is 0.417 e. The molecule has 9 heteroatoms. The molecule has 0 unspecified atom stereocenters. The fraction of sp³-hybridized carbons (Fsp3) is 0.312. The normalized spacial score (nSPS) is 11.2. The van der Waals surface area contributed by atoms with Gasteiger partial charge in [-0.05, 0) is 24.6 Å². The number of carbonyl (C=O) groups is 1. The van der Waals surface area contributed by atoms with Gasteiger partial charge in [0.25, 0.3) is 5.91 Å². The van der Waals surface area contributed by atoms with Crippen LogP contribution in [0.15, 0.2) is 30.6 Å². The summed E-state index contributed by atoms with van der Waals surface area (Å²) in [5.41, 5.74) is -1.06. The highest BCUT2D eigenvalue weighted by Gasteiger charge is 2.33. The predicted molar refractivity (Wildman–Crippen MR) is 89.8 cm³/mol. The number of hydrogen-bond acceptors (Lipinski definition) is 4. The summed E-state index contributed by atoms with van der Waals surface area (Å²) in [6.07, 6.45) is 0.0468. The van der Waals surface area contributed by atoms with Gasteiger partial charge in [0.05, 0.1) is 23.0 Å². The van der Waals surface area contributed by atoms with Gasteiger partial charge in [-0.25, -0.2) is 9.97 Å². The van der Waals surface area contributed by atoms with Crippen molar-refractivity contribution in [1.82, 2.24) is 9.97 Å². The van der Waals surface area contributed by atoms with Gasteiger partial charge in [-0.15, -0.1) is 0 Å². The van der Waals surface area contributed by atoms with Crippen molar-refractivity contribution in [3.05, 3.63) is 46.9 Å². The number of nitrogens with one attached hydrogen (secondary N) is 2. The number of unbranched alkanes of at least 4 members (excludes halogenated alkanes) is 1. The van der Waals surface area contributed by atoms with Crippen LogP contribution in [-0.2, 0) is 6.18 Å². The molecule has 1 heterocycles. The third-order valence-electron chi connectivity index (χ3n) is 3.25. The summed E-state index contributed by atoms with van der Waals surface area (Å²) >= 11 is 5.54. The molecule has 0 atom stereocenters. The smallest absolute Gasteiger partial charge is 0.369 e. The number of alkyl halides is 3. The van der Waals surface area contributed by atoms with E-state index in [0.717, 1.165) is 31.5 Å². The molecule has 1 amide bonds. The summed E-state index contributed by atoms with van der Waals surface area (Å²) in [6.45, 7) is 2.80. The monoisotopic (exact) mass is 372 g/mol. The van der Waals surface area contributed by atoms with Crippen molar-refractivity contribution in [2.24, 2.45) is 0 Å². The highest BCUT2D eigenvalue weighted by molar-refractivity contribution is 6.31. The first-order valence-electron chi connectivity index (χ1n) is 7.55. The molecule has 0 saturated heterocycles. The Balaban J connectivity index is 2.07. The third kappa shape index (κ3) is 5.32. The van der Waals surface area contributed by atoms with Gasteiger partial charge in [0.2, 0.25) is 0 Å². The largest absolute Gasteiger partial charge is 0.417 e. The Labute approximate surface area is 147 Å². The molecular weight excluding hydrogens is 357 g/mol. The summed E-state index contributed by atoms with van der Waals surface area (Å²) in [4.78, 5) is 20.1. The topological polar surface area (TPSA) is 66.9 Å². The molecule has 2 rings (SSSR count). The fourth-order valence-electron chi connectivity index (χ4n) is 1.95. The molecule has 0 fully saturated rings. The lowest BCUT2D eigenvalue weighted by atomic mass is 10.2. The molecular formula is C16H16ClF3N4O. The Hall–Kier alpha value is -2.35. The van der Waals surface area contributed by atoms with Crippen LogP contribution in [0.2, 0.25) is 5.02 Å². The number of rotatable bonds is 6. The highest BCUT2D eigenvalue weighted by Crippen LogP contribution is 2.36. The van der Waals surface area contributed by atoms with E-state index < -0.39 is 22.7 Å². The van der Waals surface area contributed by atoms with E-state index in [2.05, 4.69) is 27.5 Å². The van der Waals surface area contributed by atoms with Crippen molar-refractivity contribution in [1.29, 1.82) is 0 Å². The molecule has 5 nitrogen and oxygen atoms in total. The standard InChI is InChI=1S/C16H16ClF3N4O/c1-2-3-6-21-14-9-22-13(8-23-14)15(25)24-10-4-5-12(17)11(7-10)16(18,19)20/h4-5,7-9H,2-3,6H2,1H3,(H,21,23)(H,24,25). The molecule has 0 radical (unpaired) electrons. The molecule has 0 aliphatic heterocycles. The van der Waals surface area contributed by atoms with Gasteiger partial charge in [0.15, 0.2) is 0 Å². The van der Waals surface area contributed by atoms with Crippen molar-refractivity contribution >= 4 is 29.0 Å². The van der Waals surface area contributed by atoms with Crippen molar-refractivity contribution in [3.8, 4) is 0 Å². The van der Waals surface area contributed by atoms with Crippen molar-refractivity contribution in [2.45, 2.75) is 25.9 Å². The average Bonchev–Trinajstić information content (AvgIpc) is 2.56. The predicted octanol–water partition coefficient (Wildman–Crippen LogP) is 4.61. The number of anilines is 2. The Kier molecular flexibility index (Phi) is 6.19. The first-order valence-corrected chi connectivity index (χ1v) is 7.93. The zero-order valence-corrected chi connectivity index (χ0v) is 14.1. The Morgan fingerprint density at radius 3 is 2.60 bits per heavy atom. The van der Waals surface area contributed by atoms with E-state index in [4.69, 9.17) is 11.6 Å². The number of amides is 1. The van der Waals surface area contributed by atoms with Crippen LogP contribution in [-0.4, -0.2) is 22.4 Å². The van der Waals surface area contributed by atoms with Crippen LogP contribution in [0.4, 0.5) is 24.7 Å². The van der Waals surface area contributed by atoms with Crippen LogP contribution >= 0.6 is 11.6 Å². The van der Waals surface area contributed by atoms with Crippen LogP contribution in [0.3, 0.4) is 0 Å². The minimum absolute atomic E-state index is 0.00968. The van der Waals surface area contributed by atoms with E-state index in [1.165, 1.54) is 18.5 Å². The minimum atomic E-state index is -4.61. The molecule has 134 valence electrons. The fourth-order valence-corrected chi connectivity index (χ4v) is 2.17. The summed E-state index contributed by atoms with van der Waals surface area (Å²) in [6, 6.07) is 3.13. The number of halogens is 4. The molecule has 25 heavy (non-hydrogen) atoms. The number of benzene rings is 1. The van der Waals surface area contributed by atoms with Gasteiger partial charge in [-0.3, -0.25) is 4.79 Å². The summed E-state index contributed by atoms with van der Waals surface area (Å²) in [5, 5.41) is 4.96. The number of hydrogen-bond donors (Lipinski definition) is 2. The Bertz CT molecular complexity index is 735. The van der Waals surface area contributed by atoms with Gasteiger partial charge < -0.3 is 10.6 Å². The minimum Gasteiger partial charge on any atom is -0.369 e.